The number of nitrogens with one attached hydrogen (secondary N) is 2. The highest BCUT2D eigenvalue weighted by atomic mass is 16.6. The number of para-hydroxylation sites is 1. The Morgan fingerprint density at radius 1 is 1.15 bits per heavy atom. The molecule has 3 aromatic rings. The Kier molecular flexibility index (Phi) is 4.04. The average Bonchev–Trinajstić information content (AvgIpc) is 3.09. The summed E-state index contributed by atoms with van der Waals surface area (Å²) >= 11 is 0. The lowest BCUT2D eigenvalue weighted by atomic mass is 10.1. The van der Waals surface area contributed by atoms with Crippen LogP contribution in [0.2, 0.25) is 0 Å². The third-order valence-corrected chi connectivity index (χ3v) is 4.09. The molecule has 0 bridgehead atoms. The smallest absolute Gasteiger partial charge is 0.266 e. The zero-order valence-electron chi connectivity index (χ0n) is 13.8. The van der Waals surface area contributed by atoms with Crippen molar-refractivity contribution in [3.63, 3.8) is 0 Å². The van der Waals surface area contributed by atoms with Gasteiger partial charge in [-0.25, -0.2) is 0 Å². The molecule has 1 aromatic heterocycles. The van der Waals surface area contributed by atoms with E-state index in [1.54, 1.807) is 30.5 Å². The van der Waals surface area contributed by atoms with Crippen LogP contribution in [0.1, 0.15) is 5.56 Å². The maximum absolute atomic E-state index is 12.5. The lowest BCUT2D eigenvalue weighted by Crippen LogP contribution is -2.17. The predicted octanol–water partition coefficient (Wildman–Crippen LogP) is 3.48. The van der Waals surface area contributed by atoms with Gasteiger partial charge in [0.15, 0.2) is 11.5 Å². The van der Waals surface area contributed by atoms with E-state index in [1.807, 2.05) is 30.3 Å². The van der Waals surface area contributed by atoms with Crippen molar-refractivity contribution >= 4 is 28.6 Å². The van der Waals surface area contributed by atoms with Crippen molar-refractivity contribution in [1.82, 2.24) is 4.98 Å². The van der Waals surface area contributed by atoms with E-state index in [0.29, 0.717) is 30.4 Å². The van der Waals surface area contributed by atoms with Crippen molar-refractivity contribution in [2.45, 2.75) is 0 Å². The number of fused-ring (bicyclic) bond motifs is 2. The van der Waals surface area contributed by atoms with Gasteiger partial charge in [0.05, 0.1) is 0 Å². The maximum atomic E-state index is 12.5. The first-order valence-electron chi connectivity index (χ1n) is 8.13. The molecule has 2 heterocycles. The van der Waals surface area contributed by atoms with Crippen LogP contribution in [-0.4, -0.2) is 24.1 Å². The van der Waals surface area contributed by atoms with Crippen LogP contribution in [0.4, 0.5) is 5.69 Å². The van der Waals surface area contributed by atoms with Crippen LogP contribution in [0.3, 0.4) is 0 Å². The van der Waals surface area contributed by atoms with Crippen LogP contribution in [0, 0.1) is 11.3 Å². The zero-order valence-corrected chi connectivity index (χ0v) is 13.8. The Morgan fingerprint density at radius 3 is 2.81 bits per heavy atom. The summed E-state index contributed by atoms with van der Waals surface area (Å²) in [6, 6.07) is 14.8. The molecule has 0 aliphatic carbocycles. The first kappa shape index (κ1) is 15.8. The van der Waals surface area contributed by atoms with E-state index in [0.717, 1.165) is 16.5 Å². The minimum atomic E-state index is -0.477. The molecular formula is C20H15N3O3. The van der Waals surface area contributed by atoms with Crippen LogP contribution in [0.25, 0.3) is 17.0 Å². The molecule has 2 N–H and O–H groups in total. The summed E-state index contributed by atoms with van der Waals surface area (Å²) in [7, 11) is 0. The third-order valence-electron chi connectivity index (χ3n) is 4.09. The number of carbonyl (C=O) groups excluding carboxylic acids is 1. The van der Waals surface area contributed by atoms with E-state index >= 15 is 0 Å². The van der Waals surface area contributed by atoms with Gasteiger partial charge in [-0.2, -0.15) is 5.26 Å². The number of carbonyl (C=O) groups is 1. The fourth-order valence-corrected chi connectivity index (χ4v) is 2.84. The standard InChI is InChI=1S/C20H15N3O3/c21-11-13(9-14-12-22-17-4-2-1-3-16(14)17)20(24)23-15-5-6-18-19(10-15)26-8-7-25-18/h1-6,9-10,12,22H,7-8H2,(H,23,24)/b13-9+. The lowest BCUT2D eigenvalue weighted by molar-refractivity contribution is -0.112. The number of anilines is 1. The van der Waals surface area contributed by atoms with Gasteiger partial charge in [-0.3, -0.25) is 4.79 Å². The number of nitriles is 1. The first-order valence-corrected chi connectivity index (χ1v) is 8.13. The Morgan fingerprint density at radius 2 is 1.96 bits per heavy atom. The summed E-state index contributed by atoms with van der Waals surface area (Å²) in [6.07, 6.45) is 3.35. The number of aromatic nitrogens is 1. The minimum absolute atomic E-state index is 0.0182. The van der Waals surface area contributed by atoms with Gasteiger partial charge >= 0.3 is 0 Å². The topological polar surface area (TPSA) is 87.1 Å². The second-order valence-electron chi connectivity index (χ2n) is 5.77. The molecule has 2 aromatic carbocycles. The normalized spacial score (nSPS) is 13.3. The van der Waals surface area contributed by atoms with Crippen molar-refractivity contribution in [3.8, 4) is 17.6 Å². The Bertz CT molecular complexity index is 1060. The van der Waals surface area contributed by atoms with E-state index in [9.17, 15) is 10.1 Å². The van der Waals surface area contributed by atoms with E-state index in [-0.39, 0.29) is 5.57 Å². The SMILES string of the molecule is N#C/C(=C\c1c[nH]c2ccccc12)C(=O)Nc1ccc2c(c1)OCCO2. The van der Waals surface area contributed by atoms with Crippen LogP contribution >= 0.6 is 0 Å². The molecule has 1 aliphatic heterocycles. The summed E-state index contributed by atoms with van der Waals surface area (Å²) in [5, 5.41) is 13.1. The molecule has 128 valence electrons. The van der Waals surface area contributed by atoms with Gasteiger partial charge in [0.25, 0.3) is 5.91 Å². The van der Waals surface area contributed by atoms with Crippen LogP contribution in [-0.2, 0) is 4.79 Å². The zero-order chi connectivity index (χ0) is 17.9. The summed E-state index contributed by atoms with van der Waals surface area (Å²) in [6.45, 7) is 0.971. The summed E-state index contributed by atoms with van der Waals surface area (Å²) in [4.78, 5) is 15.6. The van der Waals surface area contributed by atoms with Crippen molar-refractivity contribution in [1.29, 1.82) is 5.26 Å². The molecule has 0 fully saturated rings. The number of ether oxygens (including phenoxy) is 2. The molecule has 26 heavy (non-hydrogen) atoms. The molecule has 1 amide bonds. The highest BCUT2D eigenvalue weighted by molar-refractivity contribution is 6.10. The van der Waals surface area contributed by atoms with Gasteiger partial charge in [0, 0.05) is 34.4 Å². The predicted molar refractivity (Wildman–Crippen MR) is 98.0 cm³/mol. The summed E-state index contributed by atoms with van der Waals surface area (Å²) in [5.41, 5.74) is 2.29. The van der Waals surface area contributed by atoms with Gasteiger partial charge in [0.2, 0.25) is 0 Å². The number of nitrogens with zero attached hydrogens (tertiary/aromatic N) is 1. The van der Waals surface area contributed by atoms with E-state index in [1.165, 1.54) is 0 Å². The molecular weight excluding hydrogens is 330 g/mol. The van der Waals surface area contributed by atoms with E-state index < -0.39 is 5.91 Å². The Balaban J connectivity index is 1.59. The van der Waals surface area contributed by atoms with Crippen molar-refractivity contribution in [3.05, 3.63) is 59.8 Å². The first-order chi connectivity index (χ1) is 12.7. The molecule has 0 unspecified atom stereocenters. The number of amides is 1. The Hall–Kier alpha value is -3.72. The molecule has 6 heteroatoms. The number of hydrogen-bond acceptors (Lipinski definition) is 4. The number of rotatable bonds is 3. The molecule has 0 atom stereocenters. The maximum Gasteiger partial charge on any atom is 0.266 e. The number of hydrogen-bond donors (Lipinski definition) is 2. The molecule has 0 saturated carbocycles. The third kappa shape index (κ3) is 2.98. The highest BCUT2D eigenvalue weighted by Crippen LogP contribution is 2.32. The number of H-pyrrole nitrogens is 1. The van der Waals surface area contributed by atoms with Crippen LogP contribution in [0.15, 0.2) is 54.2 Å². The molecule has 0 spiro atoms. The van der Waals surface area contributed by atoms with Gasteiger partial charge in [-0.05, 0) is 24.3 Å². The monoisotopic (exact) mass is 345 g/mol. The van der Waals surface area contributed by atoms with Crippen molar-refractivity contribution < 1.29 is 14.3 Å². The quantitative estimate of drug-likeness (QED) is 0.562. The average molecular weight is 345 g/mol. The van der Waals surface area contributed by atoms with Gasteiger partial charge in [-0.15, -0.1) is 0 Å². The second-order valence-corrected chi connectivity index (χ2v) is 5.77. The fourth-order valence-electron chi connectivity index (χ4n) is 2.84. The van der Waals surface area contributed by atoms with Crippen LogP contribution in [0.5, 0.6) is 11.5 Å². The highest BCUT2D eigenvalue weighted by Gasteiger charge is 2.15. The number of benzene rings is 2. The minimum Gasteiger partial charge on any atom is -0.486 e. The molecule has 1 aliphatic rings. The van der Waals surface area contributed by atoms with Gasteiger partial charge in [-0.1, -0.05) is 18.2 Å². The lowest BCUT2D eigenvalue weighted by Gasteiger charge is -2.18. The molecule has 0 radical (unpaired) electrons. The van der Waals surface area contributed by atoms with E-state index in [2.05, 4.69) is 10.3 Å². The largest absolute Gasteiger partial charge is 0.486 e. The van der Waals surface area contributed by atoms with Gasteiger partial charge < -0.3 is 19.8 Å². The van der Waals surface area contributed by atoms with Crippen LogP contribution < -0.4 is 14.8 Å². The second kappa shape index (κ2) is 6.65. The molecule has 6 nitrogen and oxygen atoms in total. The van der Waals surface area contributed by atoms with E-state index in [4.69, 9.17) is 9.47 Å². The van der Waals surface area contributed by atoms with Gasteiger partial charge in [0.1, 0.15) is 24.9 Å². The summed E-state index contributed by atoms with van der Waals surface area (Å²) in [5.74, 6) is 0.742. The summed E-state index contributed by atoms with van der Waals surface area (Å²) < 4.78 is 11.0. The number of aromatic amines is 1. The fraction of sp³-hybridized carbons (Fsp3) is 0.100. The van der Waals surface area contributed by atoms with Crippen molar-refractivity contribution in [2.75, 3.05) is 18.5 Å². The Labute approximate surface area is 149 Å². The molecule has 4 rings (SSSR count). The molecule has 0 saturated heterocycles. The van der Waals surface area contributed by atoms with Crippen molar-refractivity contribution in [2.24, 2.45) is 0 Å².